The quantitative estimate of drug-likeness (QED) is 0.907. The van der Waals surface area contributed by atoms with E-state index in [-0.39, 0.29) is 11.8 Å². The summed E-state index contributed by atoms with van der Waals surface area (Å²) in [5, 5.41) is 12.0. The third-order valence-corrected chi connectivity index (χ3v) is 5.43. The van der Waals surface area contributed by atoms with E-state index in [4.69, 9.17) is 10.1 Å². The van der Waals surface area contributed by atoms with Crippen molar-refractivity contribution in [2.75, 3.05) is 0 Å². The molecule has 110 valence electrons. The molecule has 1 N–H and O–H groups in total. The first-order chi connectivity index (χ1) is 10.2. The maximum absolute atomic E-state index is 10.7. The second-order valence-corrected chi connectivity index (χ2v) is 6.55. The summed E-state index contributed by atoms with van der Waals surface area (Å²) in [6.45, 7) is 0. The Hall–Kier alpha value is -1.68. The number of hydrogen-bond donors (Lipinski definition) is 1. The first-order valence-electron chi connectivity index (χ1n) is 7.43. The van der Waals surface area contributed by atoms with E-state index in [1.165, 1.54) is 18.4 Å². The average molecular weight is 301 g/mol. The highest BCUT2D eigenvalue weighted by molar-refractivity contribution is 7.09. The van der Waals surface area contributed by atoms with E-state index >= 15 is 0 Å². The first kappa shape index (κ1) is 14.3. The van der Waals surface area contributed by atoms with Gasteiger partial charge in [0.05, 0.1) is 12.1 Å². The number of carboxylic acids is 1. The van der Waals surface area contributed by atoms with E-state index in [0.717, 1.165) is 23.5 Å². The van der Waals surface area contributed by atoms with Crippen LogP contribution in [0.5, 0.6) is 0 Å². The Balaban J connectivity index is 1.90. The Morgan fingerprint density at radius 3 is 2.62 bits per heavy atom. The standard InChI is InChI=1S/C17H19NO2S/c19-15(20)9-8-14-12-21-16(18-14)17(10-4-5-11-17)13-6-2-1-3-7-13/h1-3,6-7,12H,4-5,8-11H2,(H,19,20). The molecule has 1 aromatic heterocycles. The molecule has 21 heavy (non-hydrogen) atoms. The van der Waals surface area contributed by atoms with Gasteiger partial charge >= 0.3 is 5.97 Å². The van der Waals surface area contributed by atoms with Crippen molar-refractivity contribution in [1.29, 1.82) is 0 Å². The summed E-state index contributed by atoms with van der Waals surface area (Å²) in [4.78, 5) is 15.5. The van der Waals surface area contributed by atoms with Gasteiger partial charge in [-0.1, -0.05) is 43.2 Å². The van der Waals surface area contributed by atoms with Crippen LogP contribution >= 0.6 is 11.3 Å². The van der Waals surface area contributed by atoms with Crippen molar-refractivity contribution in [2.45, 2.75) is 43.9 Å². The molecular weight excluding hydrogens is 282 g/mol. The van der Waals surface area contributed by atoms with Crippen molar-refractivity contribution >= 4 is 17.3 Å². The number of carbonyl (C=O) groups is 1. The summed E-state index contributed by atoms with van der Waals surface area (Å²) in [5.41, 5.74) is 2.31. The largest absolute Gasteiger partial charge is 0.481 e. The monoisotopic (exact) mass is 301 g/mol. The summed E-state index contributed by atoms with van der Waals surface area (Å²) in [6.07, 6.45) is 5.43. The molecule has 0 spiro atoms. The molecular formula is C17H19NO2S. The summed E-state index contributed by atoms with van der Waals surface area (Å²) >= 11 is 1.69. The zero-order valence-electron chi connectivity index (χ0n) is 11.9. The maximum Gasteiger partial charge on any atom is 0.303 e. The Morgan fingerprint density at radius 2 is 1.95 bits per heavy atom. The molecule has 4 heteroatoms. The highest BCUT2D eigenvalue weighted by Crippen LogP contribution is 2.47. The highest BCUT2D eigenvalue weighted by Gasteiger charge is 2.39. The number of aliphatic carboxylic acids is 1. The van der Waals surface area contributed by atoms with E-state index in [2.05, 4.69) is 24.3 Å². The number of thiazole rings is 1. The zero-order chi connectivity index (χ0) is 14.7. The molecule has 0 aliphatic heterocycles. The molecule has 1 aliphatic carbocycles. The fourth-order valence-corrected chi connectivity index (χ4v) is 4.37. The van der Waals surface area contributed by atoms with Crippen molar-refractivity contribution < 1.29 is 9.90 Å². The highest BCUT2D eigenvalue weighted by atomic mass is 32.1. The number of aryl methyl sites for hydroxylation is 1. The van der Waals surface area contributed by atoms with Crippen LogP contribution in [0.1, 0.15) is 48.4 Å². The lowest BCUT2D eigenvalue weighted by molar-refractivity contribution is -0.136. The van der Waals surface area contributed by atoms with Crippen molar-refractivity contribution in [3.63, 3.8) is 0 Å². The molecule has 1 fully saturated rings. The summed E-state index contributed by atoms with van der Waals surface area (Å²) in [6, 6.07) is 10.6. The Labute approximate surface area is 128 Å². The number of carboxylic acid groups (broad SMARTS) is 1. The van der Waals surface area contributed by atoms with E-state index in [1.54, 1.807) is 11.3 Å². The topological polar surface area (TPSA) is 50.2 Å². The van der Waals surface area contributed by atoms with Gasteiger partial charge in [-0.25, -0.2) is 4.98 Å². The van der Waals surface area contributed by atoms with Crippen molar-refractivity contribution in [1.82, 2.24) is 4.98 Å². The van der Waals surface area contributed by atoms with Crippen LogP contribution in [0.2, 0.25) is 0 Å². The molecule has 0 atom stereocenters. The summed E-state index contributed by atoms with van der Waals surface area (Å²) < 4.78 is 0. The van der Waals surface area contributed by atoms with Gasteiger partial charge in [0, 0.05) is 17.2 Å². The minimum Gasteiger partial charge on any atom is -0.481 e. The lowest BCUT2D eigenvalue weighted by Gasteiger charge is -2.27. The van der Waals surface area contributed by atoms with Crippen molar-refractivity contribution in [2.24, 2.45) is 0 Å². The van der Waals surface area contributed by atoms with Crippen molar-refractivity contribution in [3.8, 4) is 0 Å². The number of benzene rings is 1. The lowest BCUT2D eigenvalue weighted by Crippen LogP contribution is -2.23. The third kappa shape index (κ3) is 2.86. The Morgan fingerprint density at radius 1 is 1.24 bits per heavy atom. The molecule has 0 saturated heterocycles. The number of nitrogens with zero attached hydrogens (tertiary/aromatic N) is 1. The van der Waals surface area contributed by atoms with E-state index < -0.39 is 5.97 Å². The van der Waals surface area contributed by atoms with Gasteiger partial charge in [-0.05, 0) is 18.4 Å². The SMILES string of the molecule is O=C(O)CCc1csc(C2(c3ccccc3)CCCC2)n1. The van der Waals surface area contributed by atoms with Crippen LogP contribution in [-0.2, 0) is 16.6 Å². The minimum atomic E-state index is -0.761. The van der Waals surface area contributed by atoms with Crippen LogP contribution in [0, 0.1) is 0 Å². The van der Waals surface area contributed by atoms with E-state index in [1.807, 2.05) is 11.4 Å². The van der Waals surface area contributed by atoms with E-state index in [9.17, 15) is 4.79 Å². The fourth-order valence-electron chi connectivity index (χ4n) is 3.24. The number of rotatable bonds is 5. The molecule has 0 bridgehead atoms. The average Bonchev–Trinajstić information content (AvgIpc) is 3.16. The van der Waals surface area contributed by atoms with Gasteiger partial charge in [-0.3, -0.25) is 4.79 Å². The zero-order valence-corrected chi connectivity index (χ0v) is 12.7. The smallest absolute Gasteiger partial charge is 0.303 e. The maximum atomic E-state index is 10.7. The number of hydrogen-bond acceptors (Lipinski definition) is 3. The van der Waals surface area contributed by atoms with Crippen LogP contribution < -0.4 is 0 Å². The molecule has 0 unspecified atom stereocenters. The molecule has 0 radical (unpaired) electrons. The molecule has 1 heterocycles. The van der Waals surface area contributed by atoms with Gasteiger partial charge in [0.1, 0.15) is 5.01 Å². The second-order valence-electron chi connectivity index (χ2n) is 5.69. The van der Waals surface area contributed by atoms with Gasteiger partial charge in [0.15, 0.2) is 0 Å². The van der Waals surface area contributed by atoms with E-state index in [0.29, 0.717) is 6.42 Å². The molecule has 1 saturated carbocycles. The first-order valence-corrected chi connectivity index (χ1v) is 8.31. The molecule has 1 aliphatic rings. The van der Waals surface area contributed by atoms with Crippen LogP contribution in [-0.4, -0.2) is 16.1 Å². The minimum absolute atomic E-state index is 0.0490. The molecule has 0 amide bonds. The second kappa shape index (κ2) is 5.98. The van der Waals surface area contributed by atoms with Gasteiger partial charge in [0.2, 0.25) is 0 Å². The van der Waals surface area contributed by atoms with Crippen LogP contribution in [0.25, 0.3) is 0 Å². The lowest BCUT2D eigenvalue weighted by atomic mass is 9.79. The van der Waals surface area contributed by atoms with Gasteiger partial charge in [-0.15, -0.1) is 11.3 Å². The molecule has 2 aromatic rings. The van der Waals surface area contributed by atoms with Gasteiger partial charge in [-0.2, -0.15) is 0 Å². The normalized spacial score (nSPS) is 17.0. The predicted molar refractivity (Wildman–Crippen MR) is 83.8 cm³/mol. The van der Waals surface area contributed by atoms with Crippen LogP contribution in [0.15, 0.2) is 35.7 Å². The van der Waals surface area contributed by atoms with Crippen LogP contribution in [0.4, 0.5) is 0 Å². The molecule has 3 rings (SSSR count). The summed E-state index contributed by atoms with van der Waals surface area (Å²) in [5.74, 6) is -0.761. The molecule has 1 aromatic carbocycles. The predicted octanol–water partition coefficient (Wildman–Crippen LogP) is 4.02. The Bertz CT molecular complexity index is 615. The third-order valence-electron chi connectivity index (χ3n) is 4.34. The van der Waals surface area contributed by atoms with Crippen molar-refractivity contribution in [3.05, 3.63) is 52.0 Å². The number of aromatic nitrogens is 1. The van der Waals surface area contributed by atoms with Crippen LogP contribution in [0.3, 0.4) is 0 Å². The molecule has 3 nitrogen and oxygen atoms in total. The summed E-state index contributed by atoms with van der Waals surface area (Å²) in [7, 11) is 0. The fraction of sp³-hybridized carbons (Fsp3) is 0.412. The Kier molecular flexibility index (Phi) is 4.06. The van der Waals surface area contributed by atoms with Gasteiger partial charge in [0.25, 0.3) is 0 Å². The van der Waals surface area contributed by atoms with Gasteiger partial charge < -0.3 is 5.11 Å².